The lowest BCUT2D eigenvalue weighted by molar-refractivity contribution is -0.126. The van der Waals surface area contributed by atoms with E-state index in [2.05, 4.69) is 16.4 Å². The van der Waals surface area contributed by atoms with Gasteiger partial charge in [0.25, 0.3) is 5.91 Å². The van der Waals surface area contributed by atoms with Gasteiger partial charge in [0.1, 0.15) is 11.8 Å². The molecule has 0 radical (unpaired) electrons. The minimum absolute atomic E-state index is 0.0738. The zero-order chi connectivity index (χ0) is 20.8. The van der Waals surface area contributed by atoms with Crippen molar-refractivity contribution in [3.05, 3.63) is 64.8 Å². The number of rotatable bonds is 4. The Morgan fingerprint density at radius 2 is 2.10 bits per heavy atom. The zero-order valence-corrected chi connectivity index (χ0v) is 17.2. The van der Waals surface area contributed by atoms with Gasteiger partial charge < -0.3 is 19.9 Å². The van der Waals surface area contributed by atoms with E-state index in [0.717, 1.165) is 47.2 Å². The van der Waals surface area contributed by atoms with Crippen LogP contribution in [0, 0.1) is 0 Å². The Kier molecular flexibility index (Phi) is 4.50. The van der Waals surface area contributed by atoms with Gasteiger partial charge in [0.05, 0.1) is 13.2 Å². The first-order valence-corrected chi connectivity index (χ1v) is 10.4. The molecule has 0 fully saturated rings. The second kappa shape index (κ2) is 7.20. The fourth-order valence-electron chi connectivity index (χ4n) is 4.74. The van der Waals surface area contributed by atoms with Crippen LogP contribution < -0.4 is 10.1 Å². The summed E-state index contributed by atoms with van der Waals surface area (Å²) in [5.41, 5.74) is 5.05. The van der Waals surface area contributed by atoms with Crippen LogP contribution in [0.15, 0.2) is 42.5 Å². The largest absolute Gasteiger partial charge is 0.497 e. The molecule has 1 aliphatic carbocycles. The number of ether oxygens (including phenoxy) is 1. The van der Waals surface area contributed by atoms with Crippen molar-refractivity contribution in [1.82, 2.24) is 15.2 Å². The van der Waals surface area contributed by atoms with E-state index in [1.165, 1.54) is 5.56 Å². The number of hydrogen-bond donors (Lipinski definition) is 2. The zero-order valence-electron chi connectivity index (χ0n) is 17.2. The van der Waals surface area contributed by atoms with Crippen molar-refractivity contribution in [2.45, 2.75) is 44.8 Å². The van der Waals surface area contributed by atoms with Gasteiger partial charge in [0.2, 0.25) is 5.91 Å². The first-order chi connectivity index (χ1) is 14.6. The number of fused-ring (bicyclic) bond motifs is 4. The highest BCUT2D eigenvalue weighted by Crippen LogP contribution is 2.36. The molecule has 2 aliphatic rings. The molecular formula is C24H25N3O3. The minimum atomic E-state index is -0.528. The number of hydrogen-bond acceptors (Lipinski definition) is 3. The SMILES string of the molecule is COc1ccc2[nH]c3c(c2c1)CCC[C@@H]3NC(=O)[C@H](C)N1Cc2ccccc2C1=O. The summed E-state index contributed by atoms with van der Waals surface area (Å²) in [5, 5.41) is 4.35. The number of aryl methyl sites for hydroxylation is 1. The summed E-state index contributed by atoms with van der Waals surface area (Å²) in [4.78, 5) is 31.0. The fourth-order valence-corrected chi connectivity index (χ4v) is 4.74. The van der Waals surface area contributed by atoms with Gasteiger partial charge in [-0.2, -0.15) is 0 Å². The van der Waals surface area contributed by atoms with Gasteiger partial charge in [-0.15, -0.1) is 0 Å². The van der Waals surface area contributed by atoms with Gasteiger partial charge >= 0.3 is 0 Å². The summed E-state index contributed by atoms with van der Waals surface area (Å²) in [6.07, 6.45) is 2.86. The minimum Gasteiger partial charge on any atom is -0.497 e. The normalized spacial score (nSPS) is 18.8. The Labute approximate surface area is 175 Å². The maximum absolute atomic E-state index is 13.1. The molecule has 2 N–H and O–H groups in total. The third-order valence-electron chi connectivity index (χ3n) is 6.43. The smallest absolute Gasteiger partial charge is 0.255 e. The molecule has 3 aromatic rings. The number of aromatic amines is 1. The van der Waals surface area contributed by atoms with E-state index >= 15 is 0 Å². The quantitative estimate of drug-likeness (QED) is 0.697. The van der Waals surface area contributed by atoms with E-state index in [1.807, 2.05) is 36.4 Å². The predicted octanol–water partition coefficient (Wildman–Crippen LogP) is 3.71. The van der Waals surface area contributed by atoms with Crippen molar-refractivity contribution in [1.29, 1.82) is 0 Å². The number of aromatic nitrogens is 1. The predicted molar refractivity (Wildman–Crippen MR) is 114 cm³/mol. The average Bonchev–Trinajstić information content (AvgIpc) is 3.31. The van der Waals surface area contributed by atoms with Crippen LogP contribution >= 0.6 is 0 Å². The standard InChI is InChI=1S/C24H25N3O3/c1-14(27-13-15-6-3-4-7-17(15)24(27)29)23(28)26-21-9-5-8-18-19-12-16(30-2)10-11-20(19)25-22(18)21/h3-4,6-7,10-12,14,21,25H,5,8-9,13H2,1-2H3,(H,26,28)/t14-,21-/m0/s1. The molecule has 0 saturated heterocycles. The van der Waals surface area contributed by atoms with Gasteiger partial charge in [-0.1, -0.05) is 18.2 Å². The molecule has 6 nitrogen and oxygen atoms in total. The number of amides is 2. The monoisotopic (exact) mass is 403 g/mol. The van der Waals surface area contributed by atoms with E-state index in [4.69, 9.17) is 4.74 Å². The van der Waals surface area contributed by atoms with E-state index < -0.39 is 6.04 Å². The lowest BCUT2D eigenvalue weighted by Gasteiger charge is -2.28. The average molecular weight is 403 g/mol. The maximum Gasteiger partial charge on any atom is 0.255 e. The van der Waals surface area contributed by atoms with Gasteiger partial charge in [-0.25, -0.2) is 0 Å². The Morgan fingerprint density at radius 1 is 1.27 bits per heavy atom. The lowest BCUT2D eigenvalue weighted by atomic mass is 9.91. The highest BCUT2D eigenvalue weighted by molar-refractivity contribution is 6.01. The van der Waals surface area contributed by atoms with Crippen molar-refractivity contribution in [3.8, 4) is 5.75 Å². The van der Waals surface area contributed by atoms with Crippen LogP contribution in [0.25, 0.3) is 10.9 Å². The van der Waals surface area contributed by atoms with E-state index in [-0.39, 0.29) is 17.9 Å². The molecule has 6 heteroatoms. The third kappa shape index (κ3) is 2.95. The van der Waals surface area contributed by atoms with Gasteiger partial charge in [0.15, 0.2) is 0 Å². The first-order valence-electron chi connectivity index (χ1n) is 10.4. The van der Waals surface area contributed by atoms with Crippen LogP contribution in [0.2, 0.25) is 0 Å². The van der Waals surface area contributed by atoms with Crippen LogP contribution in [-0.2, 0) is 17.8 Å². The Hall–Kier alpha value is -3.28. The molecule has 0 unspecified atom stereocenters. The molecule has 0 saturated carbocycles. The van der Waals surface area contributed by atoms with Crippen molar-refractivity contribution < 1.29 is 14.3 Å². The van der Waals surface area contributed by atoms with E-state index in [0.29, 0.717) is 12.1 Å². The molecule has 0 bridgehead atoms. The van der Waals surface area contributed by atoms with E-state index in [9.17, 15) is 9.59 Å². The van der Waals surface area contributed by atoms with Crippen molar-refractivity contribution >= 4 is 22.7 Å². The Balaban J connectivity index is 1.37. The topological polar surface area (TPSA) is 74.4 Å². The van der Waals surface area contributed by atoms with Gasteiger partial charge in [-0.3, -0.25) is 9.59 Å². The molecular weight excluding hydrogens is 378 g/mol. The van der Waals surface area contributed by atoms with Crippen molar-refractivity contribution in [3.63, 3.8) is 0 Å². The second-order valence-corrected chi connectivity index (χ2v) is 8.15. The summed E-state index contributed by atoms with van der Waals surface area (Å²) in [5.74, 6) is 0.636. The van der Waals surface area contributed by atoms with Gasteiger partial charge in [0, 0.05) is 28.7 Å². The fraction of sp³-hybridized carbons (Fsp3) is 0.333. The molecule has 5 rings (SSSR count). The molecule has 154 valence electrons. The number of methoxy groups -OCH3 is 1. The van der Waals surface area contributed by atoms with Crippen molar-refractivity contribution in [2.24, 2.45) is 0 Å². The first kappa shape index (κ1) is 18.7. The van der Waals surface area contributed by atoms with Crippen LogP contribution in [-0.4, -0.2) is 34.8 Å². The summed E-state index contributed by atoms with van der Waals surface area (Å²) >= 11 is 0. The Morgan fingerprint density at radius 3 is 2.90 bits per heavy atom. The molecule has 2 amide bonds. The molecule has 2 heterocycles. The van der Waals surface area contributed by atoms with Crippen molar-refractivity contribution in [2.75, 3.05) is 7.11 Å². The number of benzene rings is 2. The van der Waals surface area contributed by atoms with Crippen LogP contribution in [0.5, 0.6) is 5.75 Å². The summed E-state index contributed by atoms with van der Waals surface area (Å²) < 4.78 is 5.38. The summed E-state index contributed by atoms with van der Waals surface area (Å²) in [7, 11) is 1.67. The van der Waals surface area contributed by atoms with Crippen LogP contribution in [0.4, 0.5) is 0 Å². The number of H-pyrrole nitrogens is 1. The third-order valence-corrected chi connectivity index (χ3v) is 6.43. The molecule has 2 aromatic carbocycles. The second-order valence-electron chi connectivity index (χ2n) is 8.15. The molecule has 1 aromatic heterocycles. The van der Waals surface area contributed by atoms with E-state index in [1.54, 1.807) is 18.9 Å². The highest BCUT2D eigenvalue weighted by Gasteiger charge is 2.35. The molecule has 30 heavy (non-hydrogen) atoms. The highest BCUT2D eigenvalue weighted by atomic mass is 16.5. The van der Waals surface area contributed by atoms with Crippen LogP contribution in [0.1, 0.15) is 53.0 Å². The maximum atomic E-state index is 13.1. The Bertz CT molecular complexity index is 1150. The molecule has 2 atom stereocenters. The number of carbonyl (C=O) groups is 2. The summed E-state index contributed by atoms with van der Waals surface area (Å²) in [6.45, 7) is 2.28. The summed E-state index contributed by atoms with van der Waals surface area (Å²) in [6, 6.07) is 13.0. The lowest BCUT2D eigenvalue weighted by Crippen LogP contribution is -2.46. The number of nitrogens with zero attached hydrogens (tertiary/aromatic N) is 1. The number of nitrogens with one attached hydrogen (secondary N) is 2. The van der Waals surface area contributed by atoms with Gasteiger partial charge in [-0.05, 0) is 61.6 Å². The number of carbonyl (C=O) groups excluding carboxylic acids is 2. The molecule has 0 spiro atoms. The molecule has 1 aliphatic heterocycles. The van der Waals surface area contributed by atoms with Crippen LogP contribution in [0.3, 0.4) is 0 Å².